The highest BCUT2D eigenvalue weighted by Crippen LogP contribution is 2.29. The number of hydrogen-bond acceptors (Lipinski definition) is 2. The van der Waals surface area contributed by atoms with Gasteiger partial charge in [-0.1, -0.05) is 6.07 Å². The van der Waals surface area contributed by atoms with Crippen molar-refractivity contribution in [3.8, 4) is 0 Å². The minimum Gasteiger partial charge on any atom is -0.352 e. The van der Waals surface area contributed by atoms with Crippen LogP contribution in [0.3, 0.4) is 0 Å². The Bertz CT molecular complexity index is 653. The molecular formula is C16H21N3O. The van der Waals surface area contributed by atoms with Crippen molar-refractivity contribution >= 4 is 16.9 Å². The zero-order chi connectivity index (χ0) is 14.3. The molecule has 0 saturated heterocycles. The van der Waals surface area contributed by atoms with E-state index < -0.39 is 0 Å². The number of nitrogens with one attached hydrogen (secondary N) is 1. The quantitative estimate of drug-likeness (QED) is 0.929. The summed E-state index contributed by atoms with van der Waals surface area (Å²) in [6.45, 7) is 6.96. The lowest BCUT2D eigenvalue weighted by Crippen LogP contribution is -2.24. The molecule has 1 aliphatic rings. The molecule has 4 nitrogen and oxygen atoms in total. The van der Waals surface area contributed by atoms with Crippen molar-refractivity contribution in [1.82, 2.24) is 14.9 Å². The monoisotopic (exact) mass is 271 g/mol. The Balaban J connectivity index is 1.81. The van der Waals surface area contributed by atoms with Gasteiger partial charge in [0.15, 0.2) is 0 Å². The van der Waals surface area contributed by atoms with Crippen molar-refractivity contribution in [2.45, 2.75) is 46.2 Å². The van der Waals surface area contributed by atoms with Gasteiger partial charge in [-0.15, -0.1) is 0 Å². The minimum atomic E-state index is 0.189. The van der Waals surface area contributed by atoms with Crippen LogP contribution >= 0.6 is 0 Å². The van der Waals surface area contributed by atoms with E-state index in [0.717, 1.165) is 35.3 Å². The lowest BCUT2D eigenvalue weighted by molar-refractivity contribution is -0.122. The second kappa shape index (κ2) is 4.93. The maximum atomic E-state index is 11.7. The fourth-order valence-electron chi connectivity index (χ4n) is 2.71. The van der Waals surface area contributed by atoms with Gasteiger partial charge in [-0.3, -0.25) is 4.79 Å². The Labute approximate surface area is 119 Å². The summed E-state index contributed by atoms with van der Waals surface area (Å²) in [6.07, 6.45) is 2.09. The molecule has 0 unspecified atom stereocenters. The molecule has 1 amide bonds. The van der Waals surface area contributed by atoms with Crippen LogP contribution in [0.1, 0.15) is 44.1 Å². The second-order valence-corrected chi connectivity index (χ2v) is 5.94. The maximum Gasteiger partial charge on any atom is 0.223 e. The molecule has 0 radical (unpaired) electrons. The molecule has 20 heavy (non-hydrogen) atoms. The van der Waals surface area contributed by atoms with Crippen molar-refractivity contribution in [2.24, 2.45) is 5.92 Å². The summed E-state index contributed by atoms with van der Waals surface area (Å²) in [5.41, 5.74) is 3.28. The van der Waals surface area contributed by atoms with Gasteiger partial charge in [0.1, 0.15) is 5.82 Å². The van der Waals surface area contributed by atoms with Gasteiger partial charge in [0.05, 0.1) is 11.0 Å². The number of benzene rings is 1. The van der Waals surface area contributed by atoms with Gasteiger partial charge in [0, 0.05) is 18.5 Å². The normalized spacial score (nSPS) is 15.0. The number of nitrogens with zero attached hydrogens (tertiary/aromatic N) is 2. The van der Waals surface area contributed by atoms with Crippen LogP contribution in [-0.4, -0.2) is 15.5 Å². The van der Waals surface area contributed by atoms with Crippen LogP contribution < -0.4 is 5.32 Å². The van der Waals surface area contributed by atoms with Crippen LogP contribution in [-0.2, 0) is 11.3 Å². The summed E-state index contributed by atoms with van der Waals surface area (Å²) < 4.78 is 2.24. The molecular weight excluding hydrogens is 250 g/mol. The van der Waals surface area contributed by atoms with Crippen molar-refractivity contribution in [1.29, 1.82) is 0 Å². The molecule has 1 aliphatic carbocycles. The van der Waals surface area contributed by atoms with Crippen LogP contribution in [0.15, 0.2) is 18.2 Å². The Hall–Kier alpha value is -1.84. The van der Waals surface area contributed by atoms with Crippen molar-refractivity contribution in [3.63, 3.8) is 0 Å². The SMILES string of the molecule is Cc1nc2cc(CNC(=O)C3CC3)ccc2n1C(C)C. The summed E-state index contributed by atoms with van der Waals surface area (Å²) in [5, 5.41) is 3.00. The topological polar surface area (TPSA) is 46.9 Å². The number of amides is 1. The maximum absolute atomic E-state index is 11.7. The van der Waals surface area contributed by atoms with E-state index >= 15 is 0 Å². The average molecular weight is 271 g/mol. The molecule has 1 aromatic carbocycles. The van der Waals surface area contributed by atoms with Gasteiger partial charge in [-0.25, -0.2) is 4.98 Å². The Morgan fingerprint density at radius 1 is 1.45 bits per heavy atom. The average Bonchev–Trinajstić information content (AvgIpc) is 3.18. The molecule has 0 aliphatic heterocycles. The number of carbonyl (C=O) groups is 1. The molecule has 1 aromatic heterocycles. The van der Waals surface area contributed by atoms with E-state index in [0.29, 0.717) is 12.6 Å². The first kappa shape index (κ1) is 13.2. The Morgan fingerprint density at radius 2 is 2.20 bits per heavy atom. The molecule has 4 heteroatoms. The first-order valence-corrected chi connectivity index (χ1v) is 7.31. The number of aromatic nitrogens is 2. The summed E-state index contributed by atoms with van der Waals surface area (Å²) >= 11 is 0. The molecule has 0 atom stereocenters. The molecule has 106 valence electrons. The van der Waals surface area contributed by atoms with Gasteiger partial charge in [0.2, 0.25) is 5.91 Å². The number of rotatable bonds is 4. The highest BCUT2D eigenvalue weighted by atomic mass is 16.2. The van der Waals surface area contributed by atoms with Crippen molar-refractivity contribution in [3.05, 3.63) is 29.6 Å². The van der Waals surface area contributed by atoms with Crippen molar-refractivity contribution in [2.75, 3.05) is 0 Å². The molecule has 2 aromatic rings. The fraction of sp³-hybridized carbons (Fsp3) is 0.500. The van der Waals surface area contributed by atoms with Crippen LogP contribution in [0.25, 0.3) is 11.0 Å². The van der Waals surface area contributed by atoms with E-state index in [1.54, 1.807) is 0 Å². The summed E-state index contributed by atoms with van der Waals surface area (Å²) in [5.74, 6) is 1.49. The highest BCUT2D eigenvalue weighted by Gasteiger charge is 2.29. The van der Waals surface area contributed by atoms with E-state index in [4.69, 9.17) is 0 Å². The number of hydrogen-bond donors (Lipinski definition) is 1. The van der Waals surface area contributed by atoms with Gasteiger partial charge in [-0.2, -0.15) is 0 Å². The van der Waals surface area contributed by atoms with Gasteiger partial charge in [-0.05, 0) is 51.3 Å². The number of imidazole rings is 1. The molecule has 1 saturated carbocycles. The predicted molar refractivity (Wildman–Crippen MR) is 79.4 cm³/mol. The largest absolute Gasteiger partial charge is 0.352 e. The van der Waals surface area contributed by atoms with E-state index in [-0.39, 0.29) is 11.8 Å². The van der Waals surface area contributed by atoms with E-state index in [9.17, 15) is 4.79 Å². The van der Waals surface area contributed by atoms with Gasteiger partial charge in [0.25, 0.3) is 0 Å². The van der Waals surface area contributed by atoms with Crippen molar-refractivity contribution < 1.29 is 4.79 Å². The lowest BCUT2D eigenvalue weighted by atomic mass is 10.2. The summed E-state index contributed by atoms with van der Waals surface area (Å²) in [6, 6.07) is 6.66. The van der Waals surface area contributed by atoms with Gasteiger partial charge < -0.3 is 9.88 Å². The first-order chi connectivity index (χ1) is 9.56. The standard InChI is InChI=1S/C16H21N3O/c1-10(2)19-11(3)18-14-8-12(4-7-15(14)19)9-17-16(20)13-5-6-13/h4,7-8,10,13H,5-6,9H2,1-3H3,(H,17,20). The Morgan fingerprint density at radius 3 is 2.85 bits per heavy atom. The molecule has 0 spiro atoms. The highest BCUT2D eigenvalue weighted by molar-refractivity contribution is 5.81. The zero-order valence-electron chi connectivity index (χ0n) is 12.3. The molecule has 1 N–H and O–H groups in total. The smallest absolute Gasteiger partial charge is 0.223 e. The second-order valence-electron chi connectivity index (χ2n) is 5.94. The molecule has 1 heterocycles. The zero-order valence-corrected chi connectivity index (χ0v) is 12.3. The summed E-state index contributed by atoms with van der Waals surface area (Å²) in [4.78, 5) is 16.3. The first-order valence-electron chi connectivity index (χ1n) is 7.31. The van der Waals surface area contributed by atoms with E-state index in [2.05, 4.69) is 46.9 Å². The number of aryl methyl sites for hydroxylation is 1. The third-order valence-electron chi connectivity index (χ3n) is 3.86. The van der Waals surface area contributed by atoms with Gasteiger partial charge >= 0.3 is 0 Å². The third-order valence-corrected chi connectivity index (χ3v) is 3.86. The molecule has 0 bridgehead atoms. The van der Waals surface area contributed by atoms with Crippen LogP contribution in [0, 0.1) is 12.8 Å². The Kier molecular flexibility index (Phi) is 3.24. The van der Waals surface area contributed by atoms with Crippen LogP contribution in [0.4, 0.5) is 0 Å². The number of carbonyl (C=O) groups excluding carboxylic acids is 1. The third kappa shape index (κ3) is 2.42. The molecule has 1 fully saturated rings. The predicted octanol–water partition coefficient (Wildman–Crippen LogP) is 2.95. The molecule has 3 rings (SSSR count). The minimum absolute atomic E-state index is 0.189. The lowest BCUT2D eigenvalue weighted by Gasteiger charge is -2.11. The van der Waals surface area contributed by atoms with Crippen LogP contribution in [0.5, 0.6) is 0 Å². The number of fused-ring (bicyclic) bond motifs is 1. The van der Waals surface area contributed by atoms with Crippen LogP contribution in [0.2, 0.25) is 0 Å². The fourth-order valence-corrected chi connectivity index (χ4v) is 2.71. The van der Waals surface area contributed by atoms with E-state index in [1.807, 2.05) is 6.92 Å². The van der Waals surface area contributed by atoms with E-state index in [1.165, 1.54) is 0 Å². The summed E-state index contributed by atoms with van der Waals surface area (Å²) in [7, 11) is 0.